The molecule has 0 saturated carbocycles. The number of nitrogens with zero attached hydrogens (tertiary/aromatic N) is 1. The summed E-state index contributed by atoms with van der Waals surface area (Å²) < 4.78 is 23.3. The molecule has 6 heteroatoms. The summed E-state index contributed by atoms with van der Waals surface area (Å²) in [7, 11) is -3.37. The van der Waals surface area contributed by atoms with Crippen LogP contribution in [-0.2, 0) is 10.0 Å². The van der Waals surface area contributed by atoms with E-state index in [0.717, 1.165) is 0 Å². The zero-order chi connectivity index (χ0) is 8.32. The van der Waals surface area contributed by atoms with Gasteiger partial charge in [0, 0.05) is 26.2 Å². The van der Waals surface area contributed by atoms with Crippen LogP contribution in [0.25, 0.3) is 0 Å². The SMILES string of the molecule is O=S(=O)(CO)N1CCNCC1. The summed E-state index contributed by atoms with van der Waals surface area (Å²) >= 11 is 0. The molecule has 2 N–H and O–H groups in total. The van der Waals surface area contributed by atoms with Gasteiger partial charge in [-0.25, -0.2) is 8.42 Å². The summed E-state index contributed by atoms with van der Waals surface area (Å²) in [5, 5.41) is 11.5. The number of hydrogen-bond acceptors (Lipinski definition) is 4. The number of aliphatic hydroxyl groups is 1. The second kappa shape index (κ2) is 3.48. The lowest BCUT2D eigenvalue weighted by atomic mass is 10.4. The molecule has 0 aromatic heterocycles. The van der Waals surface area contributed by atoms with Gasteiger partial charge in [-0.3, -0.25) is 0 Å². The van der Waals surface area contributed by atoms with Gasteiger partial charge in [0.1, 0.15) is 0 Å². The van der Waals surface area contributed by atoms with Crippen molar-refractivity contribution >= 4 is 10.0 Å². The first-order chi connectivity index (χ1) is 5.17. The molecule has 1 aliphatic rings. The van der Waals surface area contributed by atoms with E-state index in [1.165, 1.54) is 4.31 Å². The molecule has 1 rings (SSSR count). The maximum atomic E-state index is 11.0. The largest absolute Gasteiger partial charge is 0.379 e. The van der Waals surface area contributed by atoms with Crippen LogP contribution in [0.5, 0.6) is 0 Å². The van der Waals surface area contributed by atoms with Crippen molar-refractivity contribution in [3.63, 3.8) is 0 Å². The van der Waals surface area contributed by atoms with Crippen LogP contribution in [0, 0.1) is 0 Å². The van der Waals surface area contributed by atoms with E-state index < -0.39 is 16.0 Å². The van der Waals surface area contributed by atoms with E-state index in [-0.39, 0.29) is 0 Å². The normalized spacial score (nSPS) is 21.9. The Morgan fingerprint density at radius 3 is 2.36 bits per heavy atom. The number of hydrogen-bond donors (Lipinski definition) is 2. The van der Waals surface area contributed by atoms with Gasteiger partial charge in [0.15, 0.2) is 5.94 Å². The Morgan fingerprint density at radius 1 is 1.36 bits per heavy atom. The molecule has 1 heterocycles. The van der Waals surface area contributed by atoms with Crippen LogP contribution >= 0.6 is 0 Å². The molecule has 11 heavy (non-hydrogen) atoms. The first kappa shape index (κ1) is 8.92. The summed E-state index contributed by atoms with van der Waals surface area (Å²) in [5.74, 6) is -0.785. The van der Waals surface area contributed by atoms with E-state index in [9.17, 15) is 8.42 Å². The second-order valence-corrected chi connectivity index (χ2v) is 4.33. The van der Waals surface area contributed by atoms with Crippen molar-refractivity contribution in [2.45, 2.75) is 0 Å². The van der Waals surface area contributed by atoms with Gasteiger partial charge in [0.05, 0.1) is 0 Å². The minimum Gasteiger partial charge on any atom is -0.379 e. The average Bonchev–Trinajstić information content (AvgIpc) is 2.06. The van der Waals surface area contributed by atoms with Gasteiger partial charge in [-0.1, -0.05) is 0 Å². The highest BCUT2D eigenvalue weighted by Gasteiger charge is 2.21. The van der Waals surface area contributed by atoms with Crippen molar-refractivity contribution in [2.75, 3.05) is 32.1 Å². The molecule has 66 valence electrons. The number of piperazine rings is 1. The van der Waals surface area contributed by atoms with Crippen molar-refractivity contribution in [1.82, 2.24) is 9.62 Å². The predicted octanol–water partition coefficient (Wildman–Crippen LogP) is -1.83. The Kier molecular flexibility index (Phi) is 2.83. The average molecular weight is 180 g/mol. The van der Waals surface area contributed by atoms with E-state index in [4.69, 9.17) is 5.11 Å². The Hall–Kier alpha value is -0.170. The molecule has 0 radical (unpaired) electrons. The van der Waals surface area contributed by atoms with Gasteiger partial charge in [0.25, 0.3) is 0 Å². The summed E-state index contributed by atoms with van der Waals surface area (Å²) in [5.41, 5.74) is 0. The first-order valence-corrected chi connectivity index (χ1v) is 5.07. The quantitative estimate of drug-likeness (QED) is 0.524. The monoisotopic (exact) mass is 180 g/mol. The standard InChI is InChI=1S/C5H12N2O3S/c8-5-11(9,10)7-3-1-6-2-4-7/h6,8H,1-5H2. The Bertz CT molecular complexity index is 208. The molecule has 0 spiro atoms. The first-order valence-electron chi connectivity index (χ1n) is 3.46. The summed E-state index contributed by atoms with van der Waals surface area (Å²) in [6, 6.07) is 0. The number of rotatable bonds is 2. The molecule has 0 amide bonds. The third-order valence-electron chi connectivity index (χ3n) is 1.63. The highest BCUT2D eigenvalue weighted by Crippen LogP contribution is 2.00. The Balaban J connectivity index is 2.58. The van der Waals surface area contributed by atoms with Gasteiger partial charge in [-0.05, 0) is 0 Å². The van der Waals surface area contributed by atoms with Gasteiger partial charge in [-0.2, -0.15) is 4.31 Å². The molecule has 0 unspecified atom stereocenters. The lowest BCUT2D eigenvalue weighted by molar-refractivity contribution is 0.314. The van der Waals surface area contributed by atoms with Crippen LogP contribution in [0.15, 0.2) is 0 Å². The summed E-state index contributed by atoms with van der Waals surface area (Å²) in [4.78, 5) is 0. The highest BCUT2D eigenvalue weighted by molar-refractivity contribution is 7.88. The predicted molar refractivity (Wildman–Crippen MR) is 40.4 cm³/mol. The van der Waals surface area contributed by atoms with Crippen molar-refractivity contribution < 1.29 is 13.5 Å². The van der Waals surface area contributed by atoms with Crippen LogP contribution in [0.4, 0.5) is 0 Å². The van der Waals surface area contributed by atoms with E-state index in [1.54, 1.807) is 0 Å². The molecule has 0 aliphatic carbocycles. The number of nitrogens with one attached hydrogen (secondary N) is 1. The topological polar surface area (TPSA) is 69.6 Å². The van der Waals surface area contributed by atoms with Crippen molar-refractivity contribution in [2.24, 2.45) is 0 Å². The van der Waals surface area contributed by atoms with Crippen LogP contribution in [0.3, 0.4) is 0 Å². The molecule has 1 fully saturated rings. The summed E-state index contributed by atoms with van der Waals surface area (Å²) in [6.45, 7) is 2.25. The fourth-order valence-corrected chi connectivity index (χ4v) is 1.91. The molecular formula is C5H12N2O3S. The fraction of sp³-hybridized carbons (Fsp3) is 1.00. The molecule has 0 atom stereocenters. The smallest absolute Gasteiger partial charge is 0.238 e. The maximum Gasteiger partial charge on any atom is 0.238 e. The zero-order valence-corrected chi connectivity index (χ0v) is 6.97. The molecule has 0 aromatic carbocycles. The molecule has 0 aromatic rings. The Labute approximate surface area is 66.1 Å². The van der Waals surface area contributed by atoms with Gasteiger partial charge in [-0.15, -0.1) is 0 Å². The van der Waals surface area contributed by atoms with Crippen LogP contribution in [0.1, 0.15) is 0 Å². The van der Waals surface area contributed by atoms with Crippen molar-refractivity contribution in [3.8, 4) is 0 Å². The van der Waals surface area contributed by atoms with E-state index >= 15 is 0 Å². The van der Waals surface area contributed by atoms with Crippen LogP contribution in [-0.4, -0.2) is 49.9 Å². The number of aliphatic hydroxyl groups excluding tert-OH is 1. The Morgan fingerprint density at radius 2 is 1.91 bits per heavy atom. The third-order valence-corrected chi connectivity index (χ3v) is 3.11. The van der Waals surface area contributed by atoms with E-state index in [1.807, 2.05) is 0 Å². The number of sulfonamides is 1. The molecule has 5 nitrogen and oxygen atoms in total. The van der Waals surface area contributed by atoms with E-state index in [2.05, 4.69) is 5.32 Å². The van der Waals surface area contributed by atoms with Gasteiger partial charge in [0.2, 0.25) is 10.0 Å². The summed E-state index contributed by atoms with van der Waals surface area (Å²) in [6.07, 6.45) is 0. The van der Waals surface area contributed by atoms with Gasteiger partial charge >= 0.3 is 0 Å². The van der Waals surface area contributed by atoms with Crippen molar-refractivity contribution in [1.29, 1.82) is 0 Å². The minimum atomic E-state index is -3.37. The van der Waals surface area contributed by atoms with E-state index in [0.29, 0.717) is 26.2 Å². The second-order valence-electron chi connectivity index (χ2n) is 2.39. The maximum absolute atomic E-state index is 11.0. The highest BCUT2D eigenvalue weighted by atomic mass is 32.2. The van der Waals surface area contributed by atoms with Crippen LogP contribution < -0.4 is 5.32 Å². The lowest BCUT2D eigenvalue weighted by Gasteiger charge is -2.25. The molecule has 1 aliphatic heterocycles. The molecule has 1 saturated heterocycles. The minimum absolute atomic E-state index is 0.461. The molecule has 0 bridgehead atoms. The third kappa shape index (κ3) is 2.13. The molecular weight excluding hydrogens is 168 g/mol. The zero-order valence-electron chi connectivity index (χ0n) is 6.15. The van der Waals surface area contributed by atoms with Crippen molar-refractivity contribution in [3.05, 3.63) is 0 Å². The fourth-order valence-electron chi connectivity index (χ4n) is 1.00. The van der Waals surface area contributed by atoms with Crippen LogP contribution in [0.2, 0.25) is 0 Å². The lowest BCUT2D eigenvalue weighted by Crippen LogP contribution is -2.47. The van der Waals surface area contributed by atoms with Gasteiger partial charge < -0.3 is 10.4 Å².